The van der Waals surface area contributed by atoms with Crippen LogP contribution in [0.5, 0.6) is 0 Å². The fraction of sp³-hybridized carbons (Fsp3) is 0.333. The SMILES string of the molecule is BrPCCCCCCCCC(c1ccccc1)(c1ccccc1)c1ccccc1. The summed E-state index contributed by atoms with van der Waals surface area (Å²) in [5, 5.41) is 0. The average molecular weight is 467 g/mol. The van der Waals surface area contributed by atoms with E-state index in [1.807, 2.05) is 0 Å². The Bertz CT molecular complexity index is 705. The molecule has 0 spiro atoms. The molecule has 0 heterocycles. The van der Waals surface area contributed by atoms with E-state index in [0.29, 0.717) is 0 Å². The summed E-state index contributed by atoms with van der Waals surface area (Å²) in [7, 11) is 0.927. The molecule has 0 saturated heterocycles. The van der Waals surface area contributed by atoms with Crippen LogP contribution in [0.1, 0.15) is 61.6 Å². The standard InChI is InChI=1S/C27H32BrP/c28-29-23-15-4-2-1-3-14-22-27(24-16-8-5-9-17-24,25-18-10-6-11-19-25)26-20-12-7-13-21-26/h5-13,16-21,29H,1-4,14-15,22-23H2. The van der Waals surface area contributed by atoms with Gasteiger partial charge in [0.15, 0.2) is 0 Å². The Balaban J connectivity index is 1.83. The third-order valence-corrected chi connectivity index (χ3v) is 7.60. The molecule has 1 atom stereocenters. The Kier molecular flexibility index (Phi) is 9.45. The molecule has 0 aliphatic heterocycles. The van der Waals surface area contributed by atoms with Crippen molar-refractivity contribution in [1.82, 2.24) is 0 Å². The largest absolute Gasteiger partial charge is 0.0642 e. The van der Waals surface area contributed by atoms with Crippen LogP contribution < -0.4 is 0 Å². The molecule has 3 aromatic carbocycles. The van der Waals surface area contributed by atoms with Crippen LogP contribution in [0, 0.1) is 0 Å². The second kappa shape index (κ2) is 12.3. The van der Waals surface area contributed by atoms with Gasteiger partial charge in [0.2, 0.25) is 0 Å². The number of benzene rings is 3. The molecule has 1 unspecified atom stereocenters. The van der Waals surface area contributed by atoms with Crippen molar-refractivity contribution in [3.05, 3.63) is 108 Å². The summed E-state index contributed by atoms with van der Waals surface area (Å²) in [6, 6.07) is 33.3. The molecule has 0 nitrogen and oxygen atoms in total. The van der Waals surface area contributed by atoms with Gasteiger partial charge in [-0.15, -0.1) is 0 Å². The monoisotopic (exact) mass is 466 g/mol. The Morgan fingerprint density at radius 1 is 0.517 bits per heavy atom. The van der Waals surface area contributed by atoms with E-state index in [1.165, 1.54) is 61.4 Å². The van der Waals surface area contributed by atoms with Crippen molar-refractivity contribution >= 4 is 22.8 Å². The van der Waals surface area contributed by atoms with Crippen LogP contribution in [0.15, 0.2) is 91.0 Å². The zero-order valence-corrected chi connectivity index (χ0v) is 19.8. The fourth-order valence-electron chi connectivity index (χ4n) is 4.39. The van der Waals surface area contributed by atoms with Crippen LogP contribution in [0.25, 0.3) is 0 Å². The molecule has 0 aliphatic rings. The van der Waals surface area contributed by atoms with Crippen LogP contribution in [0.2, 0.25) is 0 Å². The minimum atomic E-state index is -0.0825. The molecule has 0 amide bonds. The first-order chi connectivity index (χ1) is 14.4. The van der Waals surface area contributed by atoms with Gasteiger partial charge in [-0.25, -0.2) is 0 Å². The predicted octanol–water partition coefficient (Wildman–Crippen LogP) is 8.74. The summed E-state index contributed by atoms with van der Waals surface area (Å²) in [6.07, 6.45) is 10.5. The van der Waals surface area contributed by atoms with Crippen LogP contribution >= 0.6 is 22.8 Å². The molecule has 3 rings (SSSR count). The molecular formula is C27H32BrP. The van der Waals surface area contributed by atoms with Crippen LogP contribution in [0.4, 0.5) is 0 Å². The first kappa shape index (κ1) is 22.3. The molecule has 3 aromatic rings. The Labute approximate surface area is 186 Å². The quantitative estimate of drug-likeness (QED) is 0.142. The maximum atomic E-state index is 3.56. The van der Waals surface area contributed by atoms with Crippen LogP contribution in [-0.4, -0.2) is 6.16 Å². The van der Waals surface area contributed by atoms with E-state index >= 15 is 0 Å². The summed E-state index contributed by atoms with van der Waals surface area (Å²) >= 11 is 3.56. The first-order valence-electron chi connectivity index (χ1n) is 10.9. The van der Waals surface area contributed by atoms with Gasteiger partial charge in [-0.3, -0.25) is 0 Å². The van der Waals surface area contributed by atoms with E-state index in [4.69, 9.17) is 0 Å². The molecule has 0 aromatic heterocycles. The molecule has 0 bridgehead atoms. The minimum Gasteiger partial charge on any atom is -0.0642 e. The zero-order valence-electron chi connectivity index (χ0n) is 17.2. The minimum absolute atomic E-state index is 0.0825. The third-order valence-electron chi connectivity index (χ3n) is 5.87. The van der Waals surface area contributed by atoms with E-state index in [2.05, 4.69) is 106 Å². The van der Waals surface area contributed by atoms with Gasteiger partial charge in [0.25, 0.3) is 0 Å². The molecule has 29 heavy (non-hydrogen) atoms. The van der Waals surface area contributed by atoms with E-state index < -0.39 is 0 Å². The number of halogens is 1. The summed E-state index contributed by atoms with van der Waals surface area (Å²) in [5.74, 6) is 0. The first-order valence-corrected chi connectivity index (χ1v) is 14.3. The highest BCUT2D eigenvalue weighted by molar-refractivity contribution is 9.36. The maximum absolute atomic E-state index is 3.56. The van der Waals surface area contributed by atoms with Crippen molar-refractivity contribution in [2.75, 3.05) is 6.16 Å². The molecule has 0 aliphatic carbocycles. The van der Waals surface area contributed by atoms with Gasteiger partial charge in [-0.05, 0) is 35.7 Å². The fourth-order valence-corrected chi connectivity index (χ4v) is 5.61. The molecule has 2 heteroatoms. The lowest BCUT2D eigenvalue weighted by molar-refractivity contribution is 0.499. The smallest absolute Gasteiger partial charge is 0.0451 e. The molecule has 0 N–H and O–H groups in total. The van der Waals surface area contributed by atoms with Gasteiger partial charge in [0, 0.05) is 5.41 Å². The van der Waals surface area contributed by atoms with Gasteiger partial charge in [-0.1, -0.05) is 146 Å². The lowest BCUT2D eigenvalue weighted by Gasteiger charge is -2.36. The van der Waals surface area contributed by atoms with Crippen molar-refractivity contribution in [1.29, 1.82) is 0 Å². The van der Waals surface area contributed by atoms with E-state index in [0.717, 1.165) is 13.7 Å². The van der Waals surface area contributed by atoms with E-state index in [1.54, 1.807) is 0 Å². The molecule has 152 valence electrons. The summed E-state index contributed by atoms with van der Waals surface area (Å²) in [4.78, 5) is 0. The molecule has 0 saturated carbocycles. The van der Waals surface area contributed by atoms with Gasteiger partial charge in [0.05, 0.1) is 0 Å². The number of hydrogen-bond donors (Lipinski definition) is 0. The van der Waals surface area contributed by atoms with Crippen LogP contribution in [-0.2, 0) is 5.41 Å². The predicted molar refractivity (Wildman–Crippen MR) is 134 cm³/mol. The normalized spacial score (nSPS) is 11.9. The van der Waals surface area contributed by atoms with Gasteiger partial charge < -0.3 is 0 Å². The van der Waals surface area contributed by atoms with Crippen molar-refractivity contribution < 1.29 is 0 Å². The molecular weight excluding hydrogens is 435 g/mol. The zero-order chi connectivity index (χ0) is 20.2. The topological polar surface area (TPSA) is 0 Å². The highest BCUT2D eigenvalue weighted by Gasteiger charge is 2.35. The van der Waals surface area contributed by atoms with Crippen molar-refractivity contribution in [2.45, 2.75) is 50.4 Å². The third kappa shape index (κ3) is 6.03. The lowest BCUT2D eigenvalue weighted by atomic mass is 9.66. The Morgan fingerprint density at radius 3 is 1.31 bits per heavy atom. The average Bonchev–Trinajstić information content (AvgIpc) is 2.80. The summed E-state index contributed by atoms with van der Waals surface area (Å²) < 4.78 is 0. The van der Waals surface area contributed by atoms with E-state index in [-0.39, 0.29) is 5.41 Å². The van der Waals surface area contributed by atoms with Crippen molar-refractivity contribution in [3.63, 3.8) is 0 Å². The number of unbranched alkanes of at least 4 members (excludes halogenated alkanes) is 5. The van der Waals surface area contributed by atoms with Crippen molar-refractivity contribution in [2.24, 2.45) is 0 Å². The Morgan fingerprint density at radius 2 is 0.897 bits per heavy atom. The van der Waals surface area contributed by atoms with Gasteiger partial charge >= 0.3 is 0 Å². The second-order valence-corrected chi connectivity index (χ2v) is 10.2. The molecule has 0 fully saturated rings. The molecule has 0 radical (unpaired) electrons. The Hall–Kier alpha value is -1.43. The highest BCUT2D eigenvalue weighted by Crippen LogP contribution is 2.43. The summed E-state index contributed by atoms with van der Waals surface area (Å²) in [5.41, 5.74) is 4.11. The van der Waals surface area contributed by atoms with E-state index in [9.17, 15) is 0 Å². The van der Waals surface area contributed by atoms with Gasteiger partial charge in [-0.2, -0.15) is 0 Å². The van der Waals surface area contributed by atoms with Crippen molar-refractivity contribution in [3.8, 4) is 0 Å². The lowest BCUT2D eigenvalue weighted by Crippen LogP contribution is -2.29. The second-order valence-electron chi connectivity index (χ2n) is 7.76. The number of rotatable bonds is 12. The van der Waals surface area contributed by atoms with Gasteiger partial charge in [0.1, 0.15) is 0 Å². The summed E-state index contributed by atoms with van der Waals surface area (Å²) in [6.45, 7) is 0. The highest BCUT2D eigenvalue weighted by atomic mass is 79.9. The maximum Gasteiger partial charge on any atom is 0.0451 e. The van der Waals surface area contributed by atoms with Crippen LogP contribution in [0.3, 0.4) is 0 Å². The number of hydrogen-bond acceptors (Lipinski definition) is 0.